The molecular weight excluding hydrogens is 1370 g/mol. The molecule has 0 aliphatic rings. The number of phenolic OH excluding ortho intramolecular Hbond substituents is 1. The Morgan fingerprint density at radius 1 is 0.340 bits per heavy atom. The summed E-state index contributed by atoms with van der Waals surface area (Å²) in [4.78, 5) is 181. The van der Waals surface area contributed by atoms with Crippen molar-refractivity contribution in [1.29, 1.82) is 0 Å². The van der Waals surface area contributed by atoms with Gasteiger partial charge in [0.2, 0.25) is 70.9 Å². The third kappa shape index (κ3) is 34.1. The van der Waals surface area contributed by atoms with Crippen molar-refractivity contribution in [3.8, 4) is 5.75 Å². The number of rotatable bonds is 51. The molecule has 2 aromatic rings. The molecule has 0 spiro atoms. The smallest absolute Gasteiger partial charge is 0.326 e. The van der Waals surface area contributed by atoms with Gasteiger partial charge in [-0.3, -0.25) is 57.5 Å². The monoisotopic (exact) mass is 1490 g/mol. The van der Waals surface area contributed by atoms with Crippen LogP contribution in [-0.2, 0) is 75.2 Å². The molecule has 12 amide bonds. The predicted molar refractivity (Wildman–Crippen MR) is 399 cm³/mol. The normalized spacial score (nSPS) is 15.4. The minimum absolute atomic E-state index is 0.0594. The highest BCUT2D eigenvalue weighted by atomic mass is 16.4. The van der Waals surface area contributed by atoms with Crippen LogP contribution in [0.15, 0.2) is 54.6 Å². The van der Waals surface area contributed by atoms with Crippen LogP contribution in [0.1, 0.15) is 171 Å². The third-order valence-electron chi connectivity index (χ3n) is 17.6. The van der Waals surface area contributed by atoms with E-state index in [4.69, 9.17) is 28.7 Å². The van der Waals surface area contributed by atoms with E-state index in [2.05, 4.69) is 63.8 Å². The lowest BCUT2D eigenvalue weighted by molar-refractivity contribution is -0.143. The molecule has 0 aliphatic heterocycles. The lowest BCUT2D eigenvalue weighted by atomic mass is 9.98. The van der Waals surface area contributed by atoms with Gasteiger partial charge in [0, 0.05) is 12.8 Å². The summed E-state index contributed by atoms with van der Waals surface area (Å²) in [5.41, 5.74) is 30.2. The molecule has 0 aliphatic carbocycles. The first kappa shape index (κ1) is 93.2. The number of amides is 12. The molecule has 0 radical (unpaired) electrons. The van der Waals surface area contributed by atoms with Crippen LogP contribution in [0.3, 0.4) is 0 Å². The summed E-state index contributed by atoms with van der Waals surface area (Å²) >= 11 is 0. The van der Waals surface area contributed by atoms with E-state index < -0.39 is 179 Å². The standard InChI is InChI=1S/C73H123N17O16/c1-40(2)37-54(84-66(98)53(28-18-22-36-77)83-65(97)52(27-17-21-35-76)82-64(96)51(26-16-20-34-75)81-63(95)50(78)25-15-19-33-74)67(99)87-57(41(3)4)70(102)80-44(9)61(93)79-45(10)62(94)90-60(46(11)91)72(104)86-56(39-48-29-31-49(92)32-30-48)68(100)88-58(42(5)6)71(103)85-55(38-47-23-13-12-14-24-47)69(101)89-59(43(7)8)73(105)106/h12-14,23-24,29-32,40-46,50-60,91-92H,15-22,25-28,33-39,74-78H2,1-11H3,(H,79,93)(H,80,102)(H,81,95)(H,82,96)(H,83,97)(H,84,98)(H,85,103)(H,86,104)(H,87,99)(H,88,100)(H,89,101)(H,90,94)(H,105,106)/t44-,45-,46+,50-,51-,52-,53-,54-,55-,56-,57-,58-,59-,60-/m0/s1. The average Bonchev–Trinajstić information content (AvgIpc) is 0.846. The van der Waals surface area contributed by atoms with Crippen LogP contribution in [-0.4, -0.2) is 203 Å². The fourth-order valence-electron chi connectivity index (χ4n) is 11.2. The zero-order valence-electron chi connectivity index (χ0n) is 63.6. The number of aliphatic carboxylic acids is 1. The van der Waals surface area contributed by atoms with Crippen LogP contribution < -0.4 is 92.5 Å². The molecule has 25 N–H and O–H groups in total. The van der Waals surface area contributed by atoms with Gasteiger partial charge in [-0.15, -0.1) is 0 Å². The maximum absolute atomic E-state index is 14.4. The second-order valence-corrected chi connectivity index (χ2v) is 28.5. The summed E-state index contributed by atoms with van der Waals surface area (Å²) in [5, 5.41) is 62.4. The second-order valence-electron chi connectivity index (χ2n) is 28.5. The number of aromatic hydroxyl groups is 1. The van der Waals surface area contributed by atoms with Crippen LogP contribution in [0.25, 0.3) is 0 Å². The number of nitrogens with one attached hydrogen (secondary N) is 12. The van der Waals surface area contributed by atoms with Gasteiger partial charge < -0.3 is 108 Å². The summed E-state index contributed by atoms with van der Waals surface area (Å²) in [6, 6.07) is -2.97. The van der Waals surface area contributed by atoms with Crippen LogP contribution in [0, 0.1) is 23.7 Å². The minimum atomic E-state index is -1.79. The molecule has 0 heterocycles. The maximum atomic E-state index is 14.4. The molecule has 33 nitrogen and oxygen atoms in total. The number of carbonyl (C=O) groups is 13. The van der Waals surface area contributed by atoms with E-state index in [0.29, 0.717) is 82.0 Å². The van der Waals surface area contributed by atoms with Crippen molar-refractivity contribution in [2.75, 3.05) is 26.2 Å². The number of nitrogens with two attached hydrogens (primary N) is 5. The summed E-state index contributed by atoms with van der Waals surface area (Å²) < 4.78 is 0. The lowest BCUT2D eigenvalue weighted by Crippen LogP contribution is -2.62. The molecule has 0 bridgehead atoms. The van der Waals surface area contributed by atoms with E-state index in [1.54, 1.807) is 85.7 Å². The van der Waals surface area contributed by atoms with E-state index in [1.165, 1.54) is 45.0 Å². The van der Waals surface area contributed by atoms with Crippen molar-refractivity contribution >= 4 is 76.9 Å². The quantitative estimate of drug-likeness (QED) is 0.0330. The molecule has 0 aromatic heterocycles. The molecule has 0 fully saturated rings. The molecule has 106 heavy (non-hydrogen) atoms. The van der Waals surface area contributed by atoms with Gasteiger partial charge >= 0.3 is 5.97 Å². The van der Waals surface area contributed by atoms with E-state index >= 15 is 0 Å². The van der Waals surface area contributed by atoms with Gasteiger partial charge in [0.25, 0.3) is 0 Å². The van der Waals surface area contributed by atoms with Crippen molar-refractivity contribution in [3.63, 3.8) is 0 Å². The maximum Gasteiger partial charge on any atom is 0.326 e. The molecule has 0 saturated carbocycles. The van der Waals surface area contributed by atoms with Gasteiger partial charge in [-0.2, -0.15) is 0 Å². The highest BCUT2D eigenvalue weighted by molar-refractivity contribution is 6.00. The van der Waals surface area contributed by atoms with Gasteiger partial charge in [0.1, 0.15) is 78.3 Å². The first-order valence-electron chi connectivity index (χ1n) is 36.9. The number of hydrogen-bond donors (Lipinski definition) is 20. The number of aliphatic hydroxyl groups is 1. The second kappa shape index (κ2) is 49.1. The Labute approximate surface area is 623 Å². The number of aliphatic hydroxyl groups excluding tert-OH is 1. The summed E-state index contributed by atoms with van der Waals surface area (Å²) in [6.45, 7) is 18.3. The Morgan fingerprint density at radius 2 is 0.651 bits per heavy atom. The summed E-state index contributed by atoms with van der Waals surface area (Å²) in [6.07, 6.45) is 2.80. The van der Waals surface area contributed by atoms with Gasteiger partial charge in [-0.05, 0) is 171 Å². The highest BCUT2D eigenvalue weighted by Gasteiger charge is 2.39. The van der Waals surface area contributed by atoms with E-state index in [9.17, 15) is 77.6 Å². The van der Waals surface area contributed by atoms with Crippen LogP contribution >= 0.6 is 0 Å². The van der Waals surface area contributed by atoms with Crippen LogP contribution in [0.5, 0.6) is 5.75 Å². The lowest BCUT2D eigenvalue weighted by Gasteiger charge is -2.29. The Bertz CT molecular complexity index is 3130. The Hall–Kier alpha value is -8.89. The first-order valence-corrected chi connectivity index (χ1v) is 36.9. The Kier molecular flexibility index (Phi) is 43.1. The van der Waals surface area contributed by atoms with Crippen molar-refractivity contribution in [2.45, 2.75) is 257 Å². The van der Waals surface area contributed by atoms with Crippen LogP contribution in [0.4, 0.5) is 0 Å². The number of carboxylic acids is 1. The molecule has 14 atom stereocenters. The number of hydrogen-bond acceptors (Lipinski definition) is 20. The topological polar surface area (TPSA) is 557 Å². The predicted octanol–water partition coefficient (Wildman–Crippen LogP) is -1.64. The molecule has 0 unspecified atom stereocenters. The average molecular weight is 1490 g/mol. The number of carbonyl (C=O) groups excluding carboxylic acids is 12. The Balaban J connectivity index is 2.35. The third-order valence-corrected chi connectivity index (χ3v) is 17.6. The van der Waals surface area contributed by atoms with Gasteiger partial charge in [0.05, 0.1) is 12.1 Å². The van der Waals surface area contributed by atoms with Crippen molar-refractivity contribution < 1.29 is 77.6 Å². The fourth-order valence-corrected chi connectivity index (χ4v) is 11.2. The molecule has 33 heteroatoms. The fraction of sp³-hybridized carbons (Fsp3) is 0.658. The number of unbranched alkanes of at least 4 members (excludes halogenated alkanes) is 4. The van der Waals surface area contributed by atoms with Crippen molar-refractivity contribution in [1.82, 2.24) is 63.8 Å². The minimum Gasteiger partial charge on any atom is -0.508 e. The van der Waals surface area contributed by atoms with Crippen molar-refractivity contribution in [3.05, 3.63) is 65.7 Å². The molecular formula is C73H123N17O16. The molecule has 596 valence electrons. The zero-order chi connectivity index (χ0) is 79.9. The van der Waals surface area contributed by atoms with Crippen molar-refractivity contribution in [2.24, 2.45) is 52.3 Å². The molecule has 2 aromatic carbocycles. The van der Waals surface area contributed by atoms with E-state index in [1.807, 2.05) is 0 Å². The van der Waals surface area contributed by atoms with Crippen LogP contribution in [0.2, 0.25) is 0 Å². The largest absolute Gasteiger partial charge is 0.508 e. The van der Waals surface area contributed by atoms with Gasteiger partial charge in [-0.25, -0.2) is 4.79 Å². The summed E-state index contributed by atoms with van der Waals surface area (Å²) in [7, 11) is 0. The number of phenols is 1. The number of benzene rings is 2. The van der Waals surface area contributed by atoms with Gasteiger partial charge in [0.15, 0.2) is 0 Å². The van der Waals surface area contributed by atoms with E-state index in [-0.39, 0.29) is 63.3 Å². The molecule has 0 saturated heterocycles. The summed E-state index contributed by atoms with van der Waals surface area (Å²) in [5.74, 6) is -13.3. The zero-order valence-corrected chi connectivity index (χ0v) is 63.6. The van der Waals surface area contributed by atoms with E-state index in [0.717, 1.165) is 0 Å². The highest BCUT2D eigenvalue weighted by Crippen LogP contribution is 2.17. The SMILES string of the molecule is CC(C)C[C@H](NC(=O)[C@H](CCCCN)NC(=O)[C@H](CCCCN)NC(=O)[C@H](CCCCN)NC(=O)[C@@H](N)CCCCN)C(=O)N[C@H](C(=O)N[C@@H](C)C(=O)N[C@@H](C)C(=O)N[C@H](C(=O)N[C@@H](Cc1ccc(O)cc1)C(=O)N[C@H](C(=O)N[C@@H](Cc1ccccc1)C(=O)N[C@H](C(=O)O)C(C)C)C(C)C)[C@@H](C)O)C(C)C. The first-order chi connectivity index (χ1) is 50.0. The molecule has 2 rings (SSSR count). The Morgan fingerprint density at radius 3 is 1.04 bits per heavy atom. The van der Waals surface area contributed by atoms with Gasteiger partial charge in [-0.1, -0.05) is 104 Å². The number of carboxylic acid groups (broad SMARTS) is 1.